The zero-order valence-electron chi connectivity index (χ0n) is 6.66. The summed E-state index contributed by atoms with van der Waals surface area (Å²) in [6.45, 7) is 3.07. The van der Waals surface area contributed by atoms with Gasteiger partial charge in [0.15, 0.2) is 0 Å². The van der Waals surface area contributed by atoms with Gasteiger partial charge in [-0.25, -0.2) is 0 Å². The van der Waals surface area contributed by atoms with Gasteiger partial charge in [0.1, 0.15) is 0 Å². The first-order valence-electron chi connectivity index (χ1n) is 3.91. The molecule has 0 aliphatic carbocycles. The zero-order chi connectivity index (χ0) is 8.27. The van der Waals surface area contributed by atoms with Crippen LogP contribution in [0.1, 0.15) is 13.3 Å². The zero-order valence-corrected chi connectivity index (χ0v) is 6.66. The lowest BCUT2D eigenvalue weighted by atomic mass is 9.93. The fourth-order valence-corrected chi connectivity index (χ4v) is 1.31. The highest BCUT2D eigenvalue weighted by atomic mass is 16.5. The SMILES string of the molecule is CC(C#N)C(O)C1CCOC1. The van der Waals surface area contributed by atoms with Gasteiger partial charge in [0.05, 0.1) is 24.7 Å². The summed E-state index contributed by atoms with van der Waals surface area (Å²) in [6, 6.07) is 2.04. The molecule has 1 aliphatic rings. The molecule has 3 unspecified atom stereocenters. The lowest BCUT2D eigenvalue weighted by Crippen LogP contribution is -2.26. The Balaban J connectivity index is 2.40. The largest absolute Gasteiger partial charge is 0.391 e. The van der Waals surface area contributed by atoms with E-state index in [0.29, 0.717) is 6.61 Å². The molecule has 0 bridgehead atoms. The van der Waals surface area contributed by atoms with Crippen LogP contribution in [0.15, 0.2) is 0 Å². The monoisotopic (exact) mass is 155 g/mol. The summed E-state index contributed by atoms with van der Waals surface area (Å²) in [5.74, 6) is -0.105. The summed E-state index contributed by atoms with van der Waals surface area (Å²) in [4.78, 5) is 0. The molecule has 3 heteroatoms. The van der Waals surface area contributed by atoms with E-state index in [2.05, 4.69) is 0 Å². The number of nitrogens with zero attached hydrogens (tertiary/aromatic N) is 1. The van der Waals surface area contributed by atoms with Crippen LogP contribution in [0.3, 0.4) is 0 Å². The van der Waals surface area contributed by atoms with Gasteiger partial charge in [0, 0.05) is 12.5 Å². The quantitative estimate of drug-likeness (QED) is 0.633. The lowest BCUT2D eigenvalue weighted by molar-refractivity contribution is 0.0670. The summed E-state index contributed by atoms with van der Waals surface area (Å²) < 4.78 is 5.10. The maximum absolute atomic E-state index is 9.51. The molecule has 1 fully saturated rings. The number of rotatable bonds is 2. The average Bonchev–Trinajstić information content (AvgIpc) is 2.53. The normalized spacial score (nSPS) is 29.4. The van der Waals surface area contributed by atoms with Crippen LogP contribution in [0.2, 0.25) is 0 Å². The standard InChI is InChI=1S/C8H13NO2/c1-6(4-9)8(10)7-2-3-11-5-7/h6-8,10H,2-3,5H2,1H3. The highest BCUT2D eigenvalue weighted by molar-refractivity contribution is 4.89. The molecular formula is C8H13NO2. The van der Waals surface area contributed by atoms with Crippen LogP contribution in [-0.2, 0) is 4.74 Å². The Bertz CT molecular complexity index is 158. The summed E-state index contributed by atoms with van der Waals surface area (Å²) in [6.07, 6.45) is 0.371. The molecule has 0 aromatic carbocycles. The van der Waals surface area contributed by atoms with E-state index >= 15 is 0 Å². The van der Waals surface area contributed by atoms with Crippen molar-refractivity contribution in [3.8, 4) is 6.07 Å². The van der Waals surface area contributed by atoms with Crippen LogP contribution in [-0.4, -0.2) is 24.4 Å². The van der Waals surface area contributed by atoms with E-state index in [4.69, 9.17) is 10.00 Å². The molecule has 0 amide bonds. The van der Waals surface area contributed by atoms with Crippen LogP contribution >= 0.6 is 0 Å². The molecule has 0 saturated carbocycles. The van der Waals surface area contributed by atoms with E-state index in [9.17, 15) is 5.11 Å². The number of aliphatic hydroxyl groups is 1. The smallest absolute Gasteiger partial charge is 0.0746 e. The fraction of sp³-hybridized carbons (Fsp3) is 0.875. The first-order chi connectivity index (χ1) is 5.25. The second kappa shape index (κ2) is 3.70. The van der Waals surface area contributed by atoms with Crippen molar-refractivity contribution in [3.63, 3.8) is 0 Å². The van der Waals surface area contributed by atoms with Crippen LogP contribution in [0.25, 0.3) is 0 Å². The minimum absolute atomic E-state index is 0.171. The van der Waals surface area contributed by atoms with Crippen molar-refractivity contribution >= 4 is 0 Å². The van der Waals surface area contributed by atoms with Crippen molar-refractivity contribution in [3.05, 3.63) is 0 Å². The maximum Gasteiger partial charge on any atom is 0.0746 e. The Kier molecular flexibility index (Phi) is 2.86. The molecule has 3 nitrogen and oxygen atoms in total. The van der Waals surface area contributed by atoms with Crippen LogP contribution < -0.4 is 0 Å². The molecule has 1 heterocycles. The van der Waals surface area contributed by atoms with Crippen molar-refractivity contribution < 1.29 is 9.84 Å². The number of ether oxygens (including phenoxy) is 1. The topological polar surface area (TPSA) is 53.2 Å². The van der Waals surface area contributed by atoms with Gasteiger partial charge in [-0.15, -0.1) is 0 Å². The van der Waals surface area contributed by atoms with Crippen molar-refractivity contribution in [1.82, 2.24) is 0 Å². The third-order valence-corrected chi connectivity index (χ3v) is 2.16. The van der Waals surface area contributed by atoms with Crippen molar-refractivity contribution in [2.45, 2.75) is 19.4 Å². The Hall–Kier alpha value is -0.590. The van der Waals surface area contributed by atoms with Gasteiger partial charge in [-0.3, -0.25) is 0 Å². The molecule has 62 valence electrons. The predicted octanol–water partition coefficient (Wildman–Crippen LogP) is 0.543. The first kappa shape index (κ1) is 8.51. The number of hydrogen-bond donors (Lipinski definition) is 1. The second-order valence-corrected chi connectivity index (χ2v) is 3.03. The molecule has 1 aliphatic heterocycles. The van der Waals surface area contributed by atoms with Crippen LogP contribution in [0, 0.1) is 23.2 Å². The molecule has 0 aromatic rings. The van der Waals surface area contributed by atoms with Gasteiger partial charge < -0.3 is 9.84 Å². The number of aliphatic hydroxyl groups excluding tert-OH is 1. The number of nitriles is 1. The highest BCUT2D eigenvalue weighted by Crippen LogP contribution is 2.21. The fourth-order valence-electron chi connectivity index (χ4n) is 1.31. The van der Waals surface area contributed by atoms with Gasteiger partial charge in [-0.05, 0) is 13.3 Å². The van der Waals surface area contributed by atoms with Gasteiger partial charge in [-0.1, -0.05) is 0 Å². The van der Waals surface area contributed by atoms with Gasteiger partial charge in [-0.2, -0.15) is 5.26 Å². The van der Waals surface area contributed by atoms with Crippen molar-refractivity contribution in [1.29, 1.82) is 5.26 Å². The molecule has 1 saturated heterocycles. The summed E-state index contributed by atoms with van der Waals surface area (Å²) in [5.41, 5.74) is 0. The molecule has 0 radical (unpaired) electrons. The van der Waals surface area contributed by atoms with Crippen LogP contribution in [0.4, 0.5) is 0 Å². The molecular weight excluding hydrogens is 142 g/mol. The minimum atomic E-state index is -0.512. The van der Waals surface area contributed by atoms with E-state index in [1.165, 1.54) is 0 Å². The highest BCUT2D eigenvalue weighted by Gasteiger charge is 2.27. The average molecular weight is 155 g/mol. The Morgan fingerprint density at radius 2 is 2.45 bits per heavy atom. The molecule has 3 atom stereocenters. The molecule has 0 spiro atoms. The summed E-state index contributed by atoms with van der Waals surface area (Å²) in [7, 11) is 0. The molecule has 0 aromatic heterocycles. The van der Waals surface area contributed by atoms with E-state index in [1.807, 2.05) is 6.07 Å². The van der Waals surface area contributed by atoms with Crippen molar-refractivity contribution in [2.75, 3.05) is 13.2 Å². The minimum Gasteiger partial charge on any atom is -0.391 e. The summed E-state index contributed by atoms with van der Waals surface area (Å²) >= 11 is 0. The van der Waals surface area contributed by atoms with E-state index in [0.717, 1.165) is 13.0 Å². The summed E-state index contributed by atoms with van der Waals surface area (Å²) in [5, 5.41) is 18.0. The van der Waals surface area contributed by atoms with Gasteiger partial charge in [0.25, 0.3) is 0 Å². The van der Waals surface area contributed by atoms with E-state index < -0.39 is 6.10 Å². The predicted molar refractivity (Wildman–Crippen MR) is 39.7 cm³/mol. The maximum atomic E-state index is 9.51. The van der Waals surface area contributed by atoms with Gasteiger partial charge in [0.2, 0.25) is 0 Å². The Labute approximate surface area is 66.6 Å². The molecule has 11 heavy (non-hydrogen) atoms. The Morgan fingerprint density at radius 3 is 2.91 bits per heavy atom. The first-order valence-corrected chi connectivity index (χ1v) is 3.91. The van der Waals surface area contributed by atoms with E-state index in [1.54, 1.807) is 6.92 Å². The van der Waals surface area contributed by atoms with Crippen molar-refractivity contribution in [2.24, 2.45) is 11.8 Å². The van der Waals surface area contributed by atoms with Gasteiger partial charge >= 0.3 is 0 Å². The molecule has 1 N–H and O–H groups in total. The third kappa shape index (κ3) is 1.92. The third-order valence-electron chi connectivity index (χ3n) is 2.16. The number of hydrogen-bond acceptors (Lipinski definition) is 3. The van der Waals surface area contributed by atoms with Crippen LogP contribution in [0.5, 0.6) is 0 Å². The second-order valence-electron chi connectivity index (χ2n) is 3.03. The molecule has 1 rings (SSSR count). The Morgan fingerprint density at radius 1 is 1.73 bits per heavy atom. The lowest BCUT2D eigenvalue weighted by Gasteiger charge is -2.17. The van der Waals surface area contributed by atoms with E-state index in [-0.39, 0.29) is 11.8 Å².